The molecule has 0 radical (unpaired) electrons. The second kappa shape index (κ2) is 10.2. The van der Waals surface area contributed by atoms with Gasteiger partial charge in [0.25, 0.3) is 5.56 Å². The summed E-state index contributed by atoms with van der Waals surface area (Å²) in [5.41, 5.74) is 2.27. The van der Waals surface area contributed by atoms with Crippen molar-refractivity contribution in [2.75, 3.05) is 7.11 Å². The van der Waals surface area contributed by atoms with Crippen LogP contribution in [0.3, 0.4) is 0 Å². The molecule has 0 unspecified atom stereocenters. The number of halogens is 2. The Morgan fingerprint density at radius 1 is 1.05 bits per heavy atom. The van der Waals surface area contributed by atoms with Gasteiger partial charge in [-0.3, -0.25) is 14.9 Å². The number of methoxy groups -OCH3 is 1. The van der Waals surface area contributed by atoms with Crippen molar-refractivity contribution in [2.24, 2.45) is 0 Å². The molecule has 0 aliphatic heterocycles. The van der Waals surface area contributed by atoms with Crippen LogP contribution in [0, 0.1) is 10.1 Å². The fourth-order valence-electron chi connectivity index (χ4n) is 4.17. The van der Waals surface area contributed by atoms with Crippen LogP contribution in [-0.2, 0) is 0 Å². The summed E-state index contributed by atoms with van der Waals surface area (Å²) in [6.07, 6.45) is 3.44. The lowest BCUT2D eigenvalue weighted by Crippen LogP contribution is -2.23. The predicted molar refractivity (Wildman–Crippen MR) is 154 cm³/mol. The van der Waals surface area contributed by atoms with Gasteiger partial charge >= 0.3 is 5.69 Å². The normalized spacial score (nSPS) is 11.8. The van der Waals surface area contributed by atoms with E-state index in [1.807, 2.05) is 30.3 Å². The van der Waals surface area contributed by atoms with Gasteiger partial charge in [-0.25, -0.2) is 4.68 Å². The van der Waals surface area contributed by atoms with Gasteiger partial charge < -0.3 is 4.74 Å². The average molecular weight is 591 g/mol. The van der Waals surface area contributed by atoms with Crippen LogP contribution in [0.1, 0.15) is 5.56 Å². The average Bonchev–Trinajstić information content (AvgIpc) is 3.64. The Kier molecular flexibility index (Phi) is 6.54. The van der Waals surface area contributed by atoms with Gasteiger partial charge in [-0.15, -0.1) is 5.10 Å². The summed E-state index contributed by atoms with van der Waals surface area (Å²) in [5, 5.41) is 21.6. The van der Waals surface area contributed by atoms with E-state index in [4.69, 9.17) is 33.0 Å². The molecule has 0 fully saturated rings. The summed E-state index contributed by atoms with van der Waals surface area (Å²) in [6, 6.07) is 18.9. The number of fused-ring (bicyclic) bond motifs is 1. The van der Waals surface area contributed by atoms with E-state index in [2.05, 4.69) is 10.1 Å². The highest BCUT2D eigenvalue weighted by atomic mass is 35.5. The van der Waals surface area contributed by atoms with Gasteiger partial charge in [0.15, 0.2) is 11.6 Å². The zero-order valence-corrected chi connectivity index (χ0v) is 22.8. The van der Waals surface area contributed by atoms with Crippen molar-refractivity contribution >= 4 is 51.3 Å². The van der Waals surface area contributed by atoms with Crippen LogP contribution in [0.2, 0.25) is 10.0 Å². The molecule has 198 valence electrons. The topological polar surface area (TPSA) is 117 Å². The minimum atomic E-state index is -0.514. The molecule has 40 heavy (non-hydrogen) atoms. The van der Waals surface area contributed by atoms with Crippen molar-refractivity contribution < 1.29 is 9.66 Å². The predicted octanol–water partition coefficient (Wildman–Crippen LogP) is 5.44. The molecule has 13 heteroatoms. The minimum absolute atomic E-state index is 0.130. The molecule has 0 saturated heterocycles. The summed E-state index contributed by atoms with van der Waals surface area (Å²) in [6.45, 7) is 0. The van der Waals surface area contributed by atoms with Crippen molar-refractivity contribution in [1.82, 2.24) is 24.4 Å². The number of thiazole rings is 1. The van der Waals surface area contributed by atoms with E-state index in [1.54, 1.807) is 41.2 Å². The van der Waals surface area contributed by atoms with Crippen LogP contribution in [0.5, 0.6) is 5.75 Å². The maximum Gasteiger partial charge on any atom is 0.311 e. The maximum absolute atomic E-state index is 13.3. The first-order valence-electron chi connectivity index (χ1n) is 11.7. The molecular formula is C27H16Cl2N6O4S. The number of nitro groups is 1. The lowest BCUT2D eigenvalue weighted by Gasteiger charge is -2.04. The zero-order valence-electron chi connectivity index (χ0n) is 20.5. The van der Waals surface area contributed by atoms with Crippen LogP contribution < -0.4 is 14.8 Å². The Hall–Kier alpha value is -4.58. The van der Waals surface area contributed by atoms with Crippen LogP contribution >= 0.6 is 34.5 Å². The van der Waals surface area contributed by atoms with Crippen molar-refractivity contribution in [3.63, 3.8) is 0 Å². The summed E-state index contributed by atoms with van der Waals surface area (Å²) < 4.78 is 8.38. The Labute approximate surface area is 239 Å². The van der Waals surface area contributed by atoms with Gasteiger partial charge in [0.2, 0.25) is 4.96 Å². The number of para-hydroxylation sites is 1. The van der Waals surface area contributed by atoms with Gasteiger partial charge in [-0.2, -0.15) is 14.6 Å². The van der Waals surface area contributed by atoms with Crippen LogP contribution in [0.15, 0.2) is 77.7 Å². The lowest BCUT2D eigenvalue weighted by atomic mass is 10.1. The summed E-state index contributed by atoms with van der Waals surface area (Å²) in [4.78, 5) is 29.4. The molecule has 6 aromatic rings. The quantitative estimate of drug-likeness (QED) is 0.187. The third-order valence-electron chi connectivity index (χ3n) is 6.05. The standard InChI is InChI=1S/C27H16Cl2N6O4S/c1-39-22-10-7-15(11-21(22)35(37)38)24-16(14-33(31-24)18-5-3-2-4-6-18)12-23-26(36)34-27(40-23)30-25(32-34)19-9-8-17(28)13-20(19)29/h2-14H,1H3/b23-12-. The van der Waals surface area contributed by atoms with E-state index in [1.165, 1.54) is 23.8 Å². The minimum Gasteiger partial charge on any atom is -0.490 e. The number of rotatable bonds is 6. The number of nitro benzene ring substituents is 1. The number of hydrogen-bond donors (Lipinski definition) is 0. The fourth-order valence-corrected chi connectivity index (χ4v) is 5.56. The molecule has 3 aromatic carbocycles. The van der Waals surface area contributed by atoms with Crippen molar-refractivity contribution in [3.8, 4) is 34.1 Å². The van der Waals surface area contributed by atoms with Crippen LogP contribution in [-0.4, -0.2) is 36.4 Å². The molecule has 0 atom stereocenters. The lowest BCUT2D eigenvalue weighted by molar-refractivity contribution is -0.385. The van der Waals surface area contributed by atoms with Crippen molar-refractivity contribution in [1.29, 1.82) is 0 Å². The molecular weight excluding hydrogens is 575 g/mol. The van der Waals surface area contributed by atoms with E-state index in [-0.39, 0.29) is 17.0 Å². The third-order valence-corrected chi connectivity index (χ3v) is 7.56. The first-order valence-corrected chi connectivity index (χ1v) is 13.2. The molecule has 0 saturated carbocycles. The smallest absolute Gasteiger partial charge is 0.311 e. The van der Waals surface area contributed by atoms with Crippen LogP contribution in [0.25, 0.3) is 39.4 Å². The highest BCUT2D eigenvalue weighted by molar-refractivity contribution is 7.15. The summed E-state index contributed by atoms with van der Waals surface area (Å²) in [5.74, 6) is 0.436. The third kappa shape index (κ3) is 4.60. The highest BCUT2D eigenvalue weighted by Crippen LogP contribution is 2.34. The Morgan fingerprint density at radius 2 is 1.85 bits per heavy atom. The summed E-state index contributed by atoms with van der Waals surface area (Å²) >= 11 is 13.4. The molecule has 6 rings (SSSR count). The highest BCUT2D eigenvalue weighted by Gasteiger charge is 2.20. The number of ether oxygens (including phenoxy) is 1. The fraction of sp³-hybridized carbons (Fsp3) is 0.0370. The number of hydrogen-bond acceptors (Lipinski definition) is 8. The monoisotopic (exact) mass is 590 g/mol. The van der Waals surface area contributed by atoms with Gasteiger partial charge in [-0.05, 0) is 48.5 Å². The van der Waals surface area contributed by atoms with E-state index in [9.17, 15) is 14.9 Å². The van der Waals surface area contributed by atoms with E-state index < -0.39 is 4.92 Å². The Morgan fingerprint density at radius 3 is 2.55 bits per heavy atom. The molecule has 0 aliphatic rings. The molecule has 0 spiro atoms. The number of benzene rings is 3. The molecule has 0 N–H and O–H groups in total. The molecule has 0 bridgehead atoms. The second-order valence-corrected chi connectivity index (χ2v) is 10.4. The largest absolute Gasteiger partial charge is 0.490 e. The molecule has 0 amide bonds. The van der Waals surface area contributed by atoms with Gasteiger partial charge in [0.1, 0.15) is 5.69 Å². The van der Waals surface area contributed by atoms with E-state index in [0.717, 1.165) is 17.0 Å². The van der Waals surface area contributed by atoms with E-state index in [0.29, 0.717) is 47.7 Å². The van der Waals surface area contributed by atoms with E-state index >= 15 is 0 Å². The molecule has 3 aromatic heterocycles. The SMILES string of the molecule is COc1ccc(-c2nn(-c3ccccc3)cc2/C=c2\sc3nc(-c4ccc(Cl)cc4Cl)nn3c2=O)cc1[N+](=O)[O-]. The molecule has 0 aliphatic carbocycles. The maximum atomic E-state index is 13.3. The first-order chi connectivity index (χ1) is 19.3. The zero-order chi connectivity index (χ0) is 28.0. The van der Waals surface area contributed by atoms with Gasteiger partial charge in [-0.1, -0.05) is 52.7 Å². The molecule has 10 nitrogen and oxygen atoms in total. The van der Waals surface area contributed by atoms with Gasteiger partial charge in [0, 0.05) is 34.0 Å². The number of aromatic nitrogens is 5. The van der Waals surface area contributed by atoms with Crippen LogP contribution in [0.4, 0.5) is 5.69 Å². The Balaban J connectivity index is 1.50. The molecule has 3 heterocycles. The Bertz CT molecular complexity index is 2040. The first kappa shape index (κ1) is 25.7. The second-order valence-electron chi connectivity index (χ2n) is 8.53. The van der Waals surface area contributed by atoms with Crippen molar-refractivity contribution in [2.45, 2.75) is 0 Å². The van der Waals surface area contributed by atoms with Crippen molar-refractivity contribution in [3.05, 3.63) is 114 Å². The number of nitrogens with zero attached hydrogens (tertiary/aromatic N) is 6. The summed E-state index contributed by atoms with van der Waals surface area (Å²) in [7, 11) is 1.37. The van der Waals surface area contributed by atoms with Gasteiger partial charge in [0.05, 0.1) is 27.3 Å².